The number of rotatable bonds is 4. The van der Waals surface area contributed by atoms with Gasteiger partial charge < -0.3 is 5.32 Å². The van der Waals surface area contributed by atoms with Gasteiger partial charge in [-0.2, -0.15) is 0 Å². The van der Waals surface area contributed by atoms with Crippen molar-refractivity contribution >= 4 is 11.6 Å². The fourth-order valence-electron chi connectivity index (χ4n) is 3.44. The van der Waals surface area contributed by atoms with E-state index >= 15 is 0 Å². The molecule has 23 heavy (non-hydrogen) atoms. The lowest BCUT2D eigenvalue weighted by atomic mass is 10.0. The molecule has 1 saturated heterocycles. The second kappa shape index (κ2) is 6.97. The third-order valence-corrected chi connectivity index (χ3v) is 4.64. The first-order chi connectivity index (χ1) is 11.1. The lowest BCUT2D eigenvalue weighted by molar-refractivity contribution is -0.117. The van der Waals surface area contributed by atoms with Crippen molar-refractivity contribution in [3.05, 3.63) is 65.2 Å². The van der Waals surface area contributed by atoms with Gasteiger partial charge in [-0.15, -0.1) is 0 Å². The van der Waals surface area contributed by atoms with Crippen molar-refractivity contribution in [3.8, 4) is 0 Å². The summed E-state index contributed by atoms with van der Waals surface area (Å²) in [7, 11) is 0. The van der Waals surface area contributed by atoms with Crippen LogP contribution in [-0.4, -0.2) is 23.9 Å². The van der Waals surface area contributed by atoms with Crippen molar-refractivity contribution in [3.63, 3.8) is 0 Å². The number of hydrogen-bond donors (Lipinski definition) is 1. The van der Waals surface area contributed by atoms with Crippen molar-refractivity contribution in [1.29, 1.82) is 0 Å². The molecule has 0 saturated carbocycles. The third-order valence-electron chi connectivity index (χ3n) is 4.64. The Morgan fingerprint density at radius 1 is 1.09 bits per heavy atom. The van der Waals surface area contributed by atoms with Gasteiger partial charge in [0.15, 0.2) is 0 Å². The van der Waals surface area contributed by atoms with Crippen molar-refractivity contribution in [1.82, 2.24) is 4.90 Å². The first-order valence-corrected chi connectivity index (χ1v) is 8.30. The molecule has 1 atom stereocenters. The Hall–Kier alpha value is -2.13. The van der Waals surface area contributed by atoms with Crippen LogP contribution in [-0.2, 0) is 4.79 Å². The van der Waals surface area contributed by atoms with Gasteiger partial charge in [-0.3, -0.25) is 9.69 Å². The molecule has 0 spiro atoms. The number of para-hydroxylation sites is 1. The van der Waals surface area contributed by atoms with E-state index in [-0.39, 0.29) is 5.91 Å². The summed E-state index contributed by atoms with van der Waals surface area (Å²) in [6.07, 6.45) is 2.27. The van der Waals surface area contributed by atoms with Crippen LogP contribution in [0.25, 0.3) is 0 Å². The van der Waals surface area contributed by atoms with Crippen LogP contribution in [0.3, 0.4) is 0 Å². The minimum Gasteiger partial charge on any atom is -0.324 e. The average molecular weight is 308 g/mol. The molecule has 0 unspecified atom stereocenters. The molecule has 0 radical (unpaired) electrons. The predicted octanol–water partition coefficient (Wildman–Crippen LogP) is 4.08. The minimum atomic E-state index is 0.0743. The second-order valence-corrected chi connectivity index (χ2v) is 6.35. The number of carbonyl (C=O) groups is 1. The van der Waals surface area contributed by atoms with Crippen molar-refractivity contribution in [2.75, 3.05) is 18.4 Å². The van der Waals surface area contributed by atoms with Crippen LogP contribution in [0.1, 0.15) is 35.6 Å². The lowest BCUT2D eigenvalue weighted by Gasteiger charge is -2.24. The number of likely N-dealkylation sites (tertiary alicyclic amines) is 1. The number of nitrogens with zero attached hydrogens (tertiary/aromatic N) is 1. The molecule has 0 aromatic heterocycles. The molecule has 120 valence electrons. The van der Waals surface area contributed by atoms with E-state index in [0.717, 1.165) is 36.2 Å². The molecule has 1 fully saturated rings. The summed E-state index contributed by atoms with van der Waals surface area (Å²) in [6.45, 7) is 5.50. The molecule has 1 aliphatic heterocycles. The molecule has 0 bridgehead atoms. The van der Waals surface area contributed by atoms with Crippen LogP contribution in [0.4, 0.5) is 5.69 Å². The van der Waals surface area contributed by atoms with E-state index in [9.17, 15) is 4.79 Å². The van der Waals surface area contributed by atoms with Gasteiger partial charge in [0, 0.05) is 11.7 Å². The number of amides is 1. The quantitative estimate of drug-likeness (QED) is 0.923. The molecule has 2 aromatic rings. The number of nitrogens with one attached hydrogen (secondary N) is 1. The van der Waals surface area contributed by atoms with Crippen LogP contribution in [0.5, 0.6) is 0 Å². The van der Waals surface area contributed by atoms with Gasteiger partial charge in [0.1, 0.15) is 0 Å². The van der Waals surface area contributed by atoms with Crippen molar-refractivity contribution in [2.45, 2.75) is 32.7 Å². The molecule has 1 heterocycles. The maximum Gasteiger partial charge on any atom is 0.238 e. The third kappa shape index (κ3) is 3.62. The fourth-order valence-corrected chi connectivity index (χ4v) is 3.44. The Labute approximate surface area is 138 Å². The predicted molar refractivity (Wildman–Crippen MR) is 94.5 cm³/mol. The standard InChI is InChI=1S/C20H24N2O/c1-15-8-6-9-16(2)20(15)21-19(23)14-22-13-7-12-18(22)17-10-4-3-5-11-17/h3-6,8-11,18H,7,12-14H2,1-2H3,(H,21,23)/t18-/m0/s1. The summed E-state index contributed by atoms with van der Waals surface area (Å²) in [6, 6.07) is 16.9. The minimum absolute atomic E-state index is 0.0743. The van der Waals surface area contributed by atoms with E-state index in [1.165, 1.54) is 5.56 Å². The Bertz CT molecular complexity index is 661. The van der Waals surface area contributed by atoms with Gasteiger partial charge in [0.2, 0.25) is 5.91 Å². The normalized spacial score (nSPS) is 18.1. The molecule has 3 nitrogen and oxygen atoms in total. The highest BCUT2D eigenvalue weighted by Crippen LogP contribution is 2.31. The van der Waals surface area contributed by atoms with Gasteiger partial charge in [-0.05, 0) is 49.9 Å². The summed E-state index contributed by atoms with van der Waals surface area (Å²) in [5.74, 6) is 0.0743. The van der Waals surface area contributed by atoms with Crippen molar-refractivity contribution < 1.29 is 4.79 Å². The van der Waals surface area contributed by atoms with Crippen LogP contribution < -0.4 is 5.32 Å². The zero-order chi connectivity index (χ0) is 16.2. The van der Waals surface area contributed by atoms with E-state index in [1.54, 1.807) is 0 Å². The summed E-state index contributed by atoms with van der Waals surface area (Å²) in [5.41, 5.74) is 4.48. The highest BCUT2D eigenvalue weighted by atomic mass is 16.2. The Balaban J connectivity index is 1.68. The number of benzene rings is 2. The highest BCUT2D eigenvalue weighted by molar-refractivity contribution is 5.93. The van der Waals surface area contributed by atoms with Crippen LogP contribution >= 0.6 is 0 Å². The Morgan fingerprint density at radius 3 is 2.48 bits per heavy atom. The molecule has 3 rings (SSSR count). The maximum absolute atomic E-state index is 12.5. The van der Waals surface area contributed by atoms with E-state index in [0.29, 0.717) is 12.6 Å². The van der Waals surface area contributed by atoms with E-state index in [4.69, 9.17) is 0 Å². The molecular weight excluding hydrogens is 284 g/mol. The van der Waals surface area contributed by atoms with Crippen LogP contribution in [0.2, 0.25) is 0 Å². The molecule has 3 heteroatoms. The summed E-state index contributed by atoms with van der Waals surface area (Å²) in [5, 5.41) is 3.10. The second-order valence-electron chi connectivity index (χ2n) is 6.35. The first-order valence-electron chi connectivity index (χ1n) is 8.30. The maximum atomic E-state index is 12.5. The summed E-state index contributed by atoms with van der Waals surface area (Å²) >= 11 is 0. The highest BCUT2D eigenvalue weighted by Gasteiger charge is 2.27. The number of hydrogen-bond acceptors (Lipinski definition) is 2. The number of anilines is 1. The fraction of sp³-hybridized carbons (Fsp3) is 0.350. The largest absolute Gasteiger partial charge is 0.324 e. The van der Waals surface area contributed by atoms with Gasteiger partial charge in [-0.25, -0.2) is 0 Å². The molecule has 0 aliphatic carbocycles. The molecule has 1 aliphatic rings. The number of carbonyl (C=O) groups excluding carboxylic acids is 1. The van der Waals surface area contributed by atoms with Crippen LogP contribution in [0.15, 0.2) is 48.5 Å². The van der Waals surface area contributed by atoms with Crippen molar-refractivity contribution in [2.24, 2.45) is 0 Å². The molecule has 2 aromatic carbocycles. The Kier molecular flexibility index (Phi) is 4.77. The SMILES string of the molecule is Cc1cccc(C)c1NC(=O)CN1CCC[C@H]1c1ccccc1. The van der Waals surface area contributed by atoms with E-state index < -0.39 is 0 Å². The molecule has 1 amide bonds. The molecular formula is C20H24N2O. The van der Waals surface area contributed by atoms with Gasteiger partial charge >= 0.3 is 0 Å². The van der Waals surface area contributed by atoms with Gasteiger partial charge in [-0.1, -0.05) is 48.5 Å². The summed E-state index contributed by atoms with van der Waals surface area (Å²) < 4.78 is 0. The topological polar surface area (TPSA) is 32.3 Å². The zero-order valence-corrected chi connectivity index (χ0v) is 13.9. The zero-order valence-electron chi connectivity index (χ0n) is 13.9. The summed E-state index contributed by atoms with van der Waals surface area (Å²) in [4.78, 5) is 14.8. The van der Waals surface area contributed by atoms with E-state index in [1.807, 2.05) is 38.1 Å². The van der Waals surface area contributed by atoms with Gasteiger partial charge in [0.05, 0.1) is 6.54 Å². The lowest BCUT2D eigenvalue weighted by Crippen LogP contribution is -2.33. The average Bonchev–Trinajstić information content (AvgIpc) is 3.00. The smallest absolute Gasteiger partial charge is 0.238 e. The Morgan fingerprint density at radius 2 is 1.78 bits per heavy atom. The van der Waals surface area contributed by atoms with Crippen LogP contribution in [0, 0.1) is 13.8 Å². The number of aryl methyl sites for hydroxylation is 2. The monoisotopic (exact) mass is 308 g/mol. The first kappa shape index (κ1) is 15.8. The van der Waals surface area contributed by atoms with Gasteiger partial charge in [0.25, 0.3) is 0 Å². The van der Waals surface area contributed by atoms with E-state index in [2.05, 4.69) is 34.5 Å². The molecule has 1 N–H and O–H groups in total.